The van der Waals surface area contributed by atoms with Crippen LogP contribution in [-0.4, -0.2) is 34.0 Å². The fourth-order valence-corrected chi connectivity index (χ4v) is 2.46. The van der Waals surface area contributed by atoms with Crippen molar-refractivity contribution in [1.29, 1.82) is 0 Å². The second kappa shape index (κ2) is 10.7. The highest BCUT2D eigenvalue weighted by Crippen LogP contribution is 2.14. The SMILES string of the molecule is CCNC(=NCc1nccn1C(F)F)N(C)Cc1ccc(Br)cc1.I. The predicted molar refractivity (Wildman–Crippen MR) is 109 cm³/mol. The summed E-state index contributed by atoms with van der Waals surface area (Å²) in [5, 5.41) is 3.17. The summed E-state index contributed by atoms with van der Waals surface area (Å²) in [5.41, 5.74) is 1.13. The average Bonchev–Trinajstić information content (AvgIpc) is 3.02. The van der Waals surface area contributed by atoms with Gasteiger partial charge in [-0.25, -0.2) is 9.98 Å². The van der Waals surface area contributed by atoms with E-state index in [2.05, 4.69) is 31.2 Å². The van der Waals surface area contributed by atoms with E-state index in [4.69, 9.17) is 0 Å². The first-order chi connectivity index (χ1) is 11.5. The zero-order valence-corrected chi connectivity index (χ0v) is 17.9. The molecule has 0 saturated carbocycles. The lowest BCUT2D eigenvalue weighted by Crippen LogP contribution is -2.38. The Labute approximate surface area is 171 Å². The second-order valence-electron chi connectivity index (χ2n) is 5.18. The first kappa shape index (κ1) is 21.8. The van der Waals surface area contributed by atoms with Crippen molar-refractivity contribution in [1.82, 2.24) is 19.8 Å². The number of aliphatic imine (C=N–C) groups is 1. The summed E-state index contributed by atoms with van der Waals surface area (Å²) in [6.07, 6.45) is 2.61. The minimum Gasteiger partial charge on any atom is -0.357 e. The molecule has 1 aromatic carbocycles. The summed E-state index contributed by atoms with van der Waals surface area (Å²) in [4.78, 5) is 10.3. The van der Waals surface area contributed by atoms with Gasteiger partial charge in [-0.05, 0) is 24.6 Å². The summed E-state index contributed by atoms with van der Waals surface area (Å²) in [6, 6.07) is 8.00. The van der Waals surface area contributed by atoms with Gasteiger partial charge >= 0.3 is 6.55 Å². The number of aromatic nitrogens is 2. The lowest BCUT2D eigenvalue weighted by Gasteiger charge is -2.22. The lowest BCUT2D eigenvalue weighted by atomic mass is 10.2. The molecule has 1 heterocycles. The Kier molecular flexibility index (Phi) is 9.33. The molecule has 25 heavy (non-hydrogen) atoms. The molecule has 1 aromatic heterocycles. The standard InChI is InChI=1S/C16H20BrF2N5.HI/c1-3-20-16(22-10-14-21-8-9-24(14)15(18)19)23(2)11-12-4-6-13(17)7-5-12;/h4-9,15H,3,10-11H2,1-2H3,(H,20,22);1H. The van der Waals surface area contributed by atoms with Crippen molar-refractivity contribution in [2.75, 3.05) is 13.6 Å². The van der Waals surface area contributed by atoms with Gasteiger partial charge in [0.25, 0.3) is 0 Å². The van der Waals surface area contributed by atoms with Gasteiger partial charge in [-0.2, -0.15) is 8.78 Å². The largest absolute Gasteiger partial charge is 0.357 e. The van der Waals surface area contributed by atoms with E-state index in [1.165, 1.54) is 12.4 Å². The molecule has 0 saturated heterocycles. The maximum absolute atomic E-state index is 12.9. The van der Waals surface area contributed by atoms with E-state index >= 15 is 0 Å². The molecule has 0 unspecified atom stereocenters. The number of hydrogen-bond acceptors (Lipinski definition) is 2. The molecule has 0 radical (unpaired) electrons. The Hall–Kier alpha value is -1.23. The van der Waals surface area contributed by atoms with Crippen LogP contribution >= 0.6 is 39.9 Å². The second-order valence-corrected chi connectivity index (χ2v) is 6.10. The lowest BCUT2D eigenvalue weighted by molar-refractivity contribution is 0.0671. The van der Waals surface area contributed by atoms with Gasteiger partial charge in [-0.1, -0.05) is 28.1 Å². The third-order valence-electron chi connectivity index (χ3n) is 3.36. The number of guanidine groups is 1. The number of hydrogen-bond donors (Lipinski definition) is 1. The topological polar surface area (TPSA) is 45.5 Å². The summed E-state index contributed by atoms with van der Waals surface area (Å²) in [6.45, 7) is 0.781. The summed E-state index contributed by atoms with van der Waals surface area (Å²) >= 11 is 3.41. The van der Waals surface area contributed by atoms with Crippen molar-refractivity contribution >= 4 is 45.9 Å². The van der Waals surface area contributed by atoms with Crippen LogP contribution in [-0.2, 0) is 13.1 Å². The third-order valence-corrected chi connectivity index (χ3v) is 3.89. The van der Waals surface area contributed by atoms with Crippen LogP contribution < -0.4 is 5.32 Å². The van der Waals surface area contributed by atoms with E-state index in [0.717, 1.165) is 14.6 Å². The number of alkyl halides is 2. The highest BCUT2D eigenvalue weighted by atomic mass is 127. The number of halogens is 4. The van der Waals surface area contributed by atoms with Crippen LogP contribution in [0.3, 0.4) is 0 Å². The molecule has 0 amide bonds. The van der Waals surface area contributed by atoms with Crippen LogP contribution in [0.15, 0.2) is 46.1 Å². The summed E-state index contributed by atoms with van der Waals surface area (Å²) < 4.78 is 27.6. The number of rotatable bonds is 6. The fraction of sp³-hybridized carbons (Fsp3) is 0.375. The Morgan fingerprint density at radius 1 is 1.36 bits per heavy atom. The molecule has 138 valence electrons. The molecule has 0 fully saturated rings. The van der Waals surface area contributed by atoms with Crippen molar-refractivity contribution < 1.29 is 8.78 Å². The quantitative estimate of drug-likeness (QED) is 0.347. The van der Waals surface area contributed by atoms with E-state index < -0.39 is 6.55 Å². The monoisotopic (exact) mass is 527 g/mol. The number of nitrogens with zero attached hydrogens (tertiary/aromatic N) is 4. The summed E-state index contributed by atoms with van der Waals surface area (Å²) in [7, 11) is 1.91. The molecule has 5 nitrogen and oxygen atoms in total. The zero-order chi connectivity index (χ0) is 17.5. The molecule has 0 atom stereocenters. The molecule has 2 rings (SSSR count). The van der Waals surface area contributed by atoms with Gasteiger partial charge in [0.1, 0.15) is 12.4 Å². The Balaban J connectivity index is 0.00000312. The van der Waals surface area contributed by atoms with Crippen LogP contribution in [0.1, 0.15) is 24.9 Å². The third kappa shape index (κ3) is 6.53. The van der Waals surface area contributed by atoms with Crippen LogP contribution in [0.2, 0.25) is 0 Å². The smallest absolute Gasteiger partial charge is 0.319 e. The Bertz CT molecular complexity index is 675. The molecular formula is C16H21BrF2IN5. The predicted octanol–water partition coefficient (Wildman–Crippen LogP) is 4.26. The summed E-state index contributed by atoms with van der Waals surface area (Å²) in [5.74, 6) is 0.877. The van der Waals surface area contributed by atoms with Gasteiger partial charge in [-0.3, -0.25) is 4.57 Å². The number of nitrogens with one attached hydrogen (secondary N) is 1. The van der Waals surface area contributed by atoms with Gasteiger partial charge in [0.2, 0.25) is 0 Å². The number of benzene rings is 1. The Morgan fingerprint density at radius 3 is 2.64 bits per heavy atom. The Morgan fingerprint density at radius 2 is 2.04 bits per heavy atom. The van der Waals surface area contributed by atoms with E-state index in [1.54, 1.807) is 0 Å². The van der Waals surface area contributed by atoms with Gasteiger partial charge in [0.15, 0.2) is 5.96 Å². The molecule has 2 aromatic rings. The molecule has 0 bridgehead atoms. The fourth-order valence-electron chi connectivity index (χ4n) is 2.20. The van der Waals surface area contributed by atoms with E-state index in [1.807, 2.05) is 43.1 Å². The number of imidazole rings is 1. The van der Waals surface area contributed by atoms with Crippen molar-refractivity contribution in [3.05, 3.63) is 52.5 Å². The maximum Gasteiger partial charge on any atom is 0.319 e. The van der Waals surface area contributed by atoms with Crippen LogP contribution in [0, 0.1) is 0 Å². The molecule has 0 aliphatic rings. The molecule has 0 spiro atoms. The van der Waals surface area contributed by atoms with E-state index in [-0.39, 0.29) is 36.3 Å². The minimum atomic E-state index is -2.61. The van der Waals surface area contributed by atoms with Crippen molar-refractivity contribution in [3.8, 4) is 0 Å². The van der Waals surface area contributed by atoms with Gasteiger partial charge < -0.3 is 10.2 Å². The highest BCUT2D eigenvalue weighted by Gasteiger charge is 2.12. The molecule has 0 aliphatic heterocycles. The first-order valence-corrected chi connectivity index (χ1v) is 8.34. The van der Waals surface area contributed by atoms with Crippen LogP contribution in [0.5, 0.6) is 0 Å². The molecule has 0 aliphatic carbocycles. The van der Waals surface area contributed by atoms with E-state index in [9.17, 15) is 8.78 Å². The first-order valence-electron chi connectivity index (χ1n) is 7.55. The molecular weight excluding hydrogens is 507 g/mol. The van der Waals surface area contributed by atoms with Crippen molar-refractivity contribution in [3.63, 3.8) is 0 Å². The van der Waals surface area contributed by atoms with Crippen molar-refractivity contribution in [2.45, 2.75) is 26.6 Å². The minimum absolute atomic E-state index is 0. The normalized spacial score (nSPS) is 11.4. The van der Waals surface area contributed by atoms with Gasteiger partial charge in [0, 0.05) is 37.0 Å². The highest BCUT2D eigenvalue weighted by molar-refractivity contribution is 14.0. The van der Waals surface area contributed by atoms with Gasteiger partial charge in [0.05, 0.1) is 0 Å². The maximum atomic E-state index is 12.9. The van der Waals surface area contributed by atoms with Crippen LogP contribution in [0.25, 0.3) is 0 Å². The zero-order valence-electron chi connectivity index (χ0n) is 14.0. The average molecular weight is 528 g/mol. The van der Waals surface area contributed by atoms with Crippen LogP contribution in [0.4, 0.5) is 8.78 Å². The van der Waals surface area contributed by atoms with Gasteiger partial charge in [-0.15, -0.1) is 24.0 Å². The molecule has 1 N–H and O–H groups in total. The van der Waals surface area contributed by atoms with Crippen molar-refractivity contribution in [2.24, 2.45) is 4.99 Å². The van der Waals surface area contributed by atoms with E-state index in [0.29, 0.717) is 19.0 Å². The molecule has 9 heteroatoms.